The van der Waals surface area contributed by atoms with Gasteiger partial charge in [0.05, 0.1) is 12.8 Å². The number of fused-ring (bicyclic) bond motifs is 1. The van der Waals surface area contributed by atoms with Crippen LogP contribution in [0.2, 0.25) is 0 Å². The third-order valence-corrected chi connectivity index (χ3v) is 4.75. The monoisotopic (exact) mass is 347 g/mol. The van der Waals surface area contributed by atoms with Gasteiger partial charge in [-0.1, -0.05) is 0 Å². The van der Waals surface area contributed by atoms with E-state index < -0.39 is 11.6 Å². The van der Waals surface area contributed by atoms with E-state index in [1.165, 1.54) is 13.2 Å². The summed E-state index contributed by atoms with van der Waals surface area (Å²) in [5.41, 5.74) is 2.36. The maximum Gasteiger partial charge on any atom is 0.256 e. The van der Waals surface area contributed by atoms with Gasteiger partial charge in [0.2, 0.25) is 0 Å². The van der Waals surface area contributed by atoms with Crippen LogP contribution >= 0.6 is 0 Å². The molecule has 1 aromatic heterocycles. The van der Waals surface area contributed by atoms with E-state index in [4.69, 9.17) is 4.74 Å². The number of methoxy groups -OCH3 is 1. The lowest BCUT2D eigenvalue weighted by Crippen LogP contribution is -2.28. The van der Waals surface area contributed by atoms with Gasteiger partial charge >= 0.3 is 0 Å². The van der Waals surface area contributed by atoms with Crippen molar-refractivity contribution in [3.05, 3.63) is 50.9 Å². The highest BCUT2D eigenvalue weighted by molar-refractivity contribution is 5.43. The molecule has 6 nitrogen and oxygen atoms in total. The molecule has 25 heavy (non-hydrogen) atoms. The summed E-state index contributed by atoms with van der Waals surface area (Å²) in [5.74, 6) is -0.335. The Morgan fingerprint density at radius 3 is 2.76 bits per heavy atom. The molecule has 0 radical (unpaired) electrons. The largest absolute Gasteiger partial charge is 0.502 e. The van der Waals surface area contributed by atoms with E-state index in [-0.39, 0.29) is 11.3 Å². The van der Waals surface area contributed by atoms with Gasteiger partial charge < -0.3 is 9.84 Å². The third kappa shape index (κ3) is 3.37. The number of phenolic OH excluding ortho intramolecular Hbond substituents is 1. The van der Waals surface area contributed by atoms with Gasteiger partial charge in [-0.25, -0.2) is 9.37 Å². The molecule has 0 atom stereocenters. The first-order chi connectivity index (χ1) is 11.9. The lowest BCUT2D eigenvalue weighted by Gasteiger charge is -2.20. The van der Waals surface area contributed by atoms with Crippen LogP contribution in [0, 0.1) is 12.7 Å². The van der Waals surface area contributed by atoms with Gasteiger partial charge in [0.25, 0.3) is 5.56 Å². The number of aromatic hydroxyl groups is 1. The molecular weight excluding hydrogens is 325 g/mol. The normalized spacial score (nSPS) is 14.9. The predicted molar refractivity (Wildman–Crippen MR) is 91.5 cm³/mol. The number of ether oxygens (including phenoxy) is 1. The van der Waals surface area contributed by atoms with Crippen molar-refractivity contribution in [3.8, 4) is 11.5 Å². The number of benzene rings is 1. The van der Waals surface area contributed by atoms with Crippen LogP contribution in [0.4, 0.5) is 4.39 Å². The fourth-order valence-electron chi connectivity index (χ4n) is 3.20. The van der Waals surface area contributed by atoms with Gasteiger partial charge in [-0.15, -0.1) is 0 Å². The highest BCUT2D eigenvalue weighted by Gasteiger charge is 2.20. The zero-order chi connectivity index (χ0) is 18.1. The first kappa shape index (κ1) is 17.4. The maximum absolute atomic E-state index is 13.8. The van der Waals surface area contributed by atoms with E-state index in [0.29, 0.717) is 31.8 Å². The fraction of sp³-hybridized carbons (Fsp3) is 0.444. The summed E-state index contributed by atoms with van der Waals surface area (Å²) in [6.45, 7) is 3.77. The number of rotatable bonds is 3. The fourth-order valence-corrected chi connectivity index (χ4v) is 3.20. The van der Waals surface area contributed by atoms with Crippen molar-refractivity contribution in [3.63, 3.8) is 0 Å². The summed E-state index contributed by atoms with van der Waals surface area (Å²) in [4.78, 5) is 19.1. The summed E-state index contributed by atoms with van der Waals surface area (Å²) < 4.78 is 20.4. The minimum Gasteiger partial charge on any atom is -0.502 e. The zero-order valence-corrected chi connectivity index (χ0v) is 14.7. The Kier molecular flexibility index (Phi) is 4.76. The van der Waals surface area contributed by atoms with Crippen molar-refractivity contribution in [1.29, 1.82) is 0 Å². The van der Waals surface area contributed by atoms with Gasteiger partial charge in [-0.3, -0.25) is 14.3 Å². The first-order valence-electron chi connectivity index (χ1n) is 8.23. The molecule has 1 aromatic carbocycles. The van der Waals surface area contributed by atoms with Crippen molar-refractivity contribution in [1.82, 2.24) is 14.5 Å². The van der Waals surface area contributed by atoms with Crippen LogP contribution < -0.4 is 10.3 Å². The molecule has 1 aliphatic rings. The molecule has 0 bridgehead atoms. The van der Waals surface area contributed by atoms with Crippen molar-refractivity contribution >= 4 is 0 Å². The molecule has 134 valence electrons. The number of aromatic nitrogens is 2. The minimum absolute atomic E-state index is 0.0155. The van der Waals surface area contributed by atoms with Gasteiger partial charge in [0, 0.05) is 38.7 Å². The summed E-state index contributed by atoms with van der Waals surface area (Å²) in [7, 11) is 3.13. The molecule has 0 amide bonds. The molecule has 2 heterocycles. The van der Waals surface area contributed by atoms with Crippen LogP contribution in [0.1, 0.15) is 22.6 Å². The highest BCUT2D eigenvalue weighted by atomic mass is 19.1. The molecule has 0 unspecified atom stereocenters. The van der Waals surface area contributed by atoms with Gasteiger partial charge in [-0.2, -0.15) is 0 Å². The van der Waals surface area contributed by atoms with E-state index >= 15 is 0 Å². The van der Waals surface area contributed by atoms with E-state index in [2.05, 4.69) is 9.88 Å². The van der Waals surface area contributed by atoms with Crippen LogP contribution in [-0.4, -0.2) is 39.8 Å². The number of aryl methyl sites for hydroxylation is 1. The molecule has 2 aromatic rings. The van der Waals surface area contributed by atoms with Gasteiger partial charge in [-0.05, 0) is 31.0 Å². The van der Waals surface area contributed by atoms with Crippen LogP contribution in [0.15, 0.2) is 16.9 Å². The van der Waals surface area contributed by atoms with Crippen molar-refractivity contribution in [2.45, 2.75) is 26.3 Å². The topological polar surface area (TPSA) is 67.6 Å². The maximum atomic E-state index is 13.8. The zero-order valence-electron chi connectivity index (χ0n) is 14.7. The summed E-state index contributed by atoms with van der Waals surface area (Å²) in [6, 6.07) is 2.95. The SMILES string of the molecule is COc1cc(CN2CCc3nc(C)n(C)c(=O)c3CC2)cc(F)c1O. The molecule has 1 N–H and O–H groups in total. The van der Waals surface area contributed by atoms with Crippen molar-refractivity contribution < 1.29 is 14.2 Å². The van der Waals surface area contributed by atoms with E-state index in [9.17, 15) is 14.3 Å². The van der Waals surface area contributed by atoms with E-state index in [1.807, 2.05) is 6.92 Å². The van der Waals surface area contributed by atoms with Crippen LogP contribution in [0.25, 0.3) is 0 Å². The average Bonchev–Trinajstić information content (AvgIpc) is 2.78. The second kappa shape index (κ2) is 6.84. The van der Waals surface area contributed by atoms with Gasteiger partial charge in [0.1, 0.15) is 5.82 Å². The van der Waals surface area contributed by atoms with Crippen molar-refractivity contribution in [2.24, 2.45) is 7.05 Å². The Morgan fingerprint density at radius 1 is 1.32 bits per heavy atom. The quantitative estimate of drug-likeness (QED) is 0.912. The molecule has 3 rings (SSSR count). The molecular formula is C18H22FN3O3. The molecule has 0 saturated heterocycles. The Balaban J connectivity index is 1.80. The summed E-state index contributed by atoms with van der Waals surface area (Å²) >= 11 is 0. The third-order valence-electron chi connectivity index (χ3n) is 4.75. The Morgan fingerprint density at radius 2 is 2.04 bits per heavy atom. The molecule has 0 saturated carbocycles. The standard InChI is InChI=1S/C18H22FN3O3/c1-11-20-15-5-7-22(6-4-13(15)18(24)21(11)2)10-12-8-14(19)17(23)16(9-12)25-3/h8-9,23H,4-7,10H2,1-3H3. The predicted octanol–water partition coefficient (Wildman–Crippen LogP) is 1.54. The number of hydrogen-bond acceptors (Lipinski definition) is 5. The second-order valence-electron chi connectivity index (χ2n) is 6.35. The van der Waals surface area contributed by atoms with E-state index in [1.54, 1.807) is 17.7 Å². The number of halogens is 1. The number of phenols is 1. The van der Waals surface area contributed by atoms with Crippen LogP contribution in [-0.2, 0) is 26.4 Å². The average molecular weight is 347 g/mol. The lowest BCUT2D eigenvalue weighted by molar-refractivity contribution is 0.277. The molecule has 7 heteroatoms. The van der Waals surface area contributed by atoms with Crippen LogP contribution in [0.5, 0.6) is 11.5 Å². The number of nitrogens with zero attached hydrogens (tertiary/aromatic N) is 3. The van der Waals surface area contributed by atoms with Crippen molar-refractivity contribution in [2.75, 3.05) is 20.2 Å². The number of hydrogen-bond donors (Lipinski definition) is 1. The second-order valence-corrected chi connectivity index (χ2v) is 6.35. The molecule has 1 aliphatic heterocycles. The lowest BCUT2D eigenvalue weighted by atomic mass is 10.1. The Hall–Kier alpha value is -2.41. The highest BCUT2D eigenvalue weighted by Crippen LogP contribution is 2.30. The molecule has 0 fully saturated rings. The summed E-state index contributed by atoms with van der Waals surface area (Å²) in [5, 5.41) is 9.61. The van der Waals surface area contributed by atoms with Gasteiger partial charge in [0.15, 0.2) is 17.3 Å². The first-order valence-corrected chi connectivity index (χ1v) is 8.23. The smallest absolute Gasteiger partial charge is 0.256 e. The Labute approximate surface area is 145 Å². The minimum atomic E-state index is -0.696. The summed E-state index contributed by atoms with van der Waals surface area (Å²) in [6.07, 6.45) is 1.30. The van der Waals surface area contributed by atoms with Crippen LogP contribution in [0.3, 0.4) is 0 Å². The molecule has 0 aliphatic carbocycles. The molecule has 0 spiro atoms. The van der Waals surface area contributed by atoms with E-state index in [0.717, 1.165) is 23.4 Å². The Bertz CT molecular complexity index is 864.